The van der Waals surface area contributed by atoms with E-state index in [2.05, 4.69) is 31.9 Å². The molecule has 0 N–H and O–H groups in total. The van der Waals surface area contributed by atoms with Gasteiger partial charge in [-0.15, -0.1) is 0 Å². The molecule has 0 saturated carbocycles. The molecule has 0 aromatic carbocycles. The Hall–Kier alpha value is -2.38. The molecule has 0 spiro atoms. The number of rotatable bonds is 3. The van der Waals surface area contributed by atoms with E-state index in [1.54, 1.807) is 18.6 Å². The van der Waals surface area contributed by atoms with Gasteiger partial charge in [-0.1, -0.05) is 0 Å². The molecule has 1 aliphatic rings. The normalized spacial score (nSPS) is 19.0. The molecule has 24 heavy (non-hydrogen) atoms. The summed E-state index contributed by atoms with van der Waals surface area (Å²) in [6.45, 7) is 7.24. The van der Waals surface area contributed by atoms with Crippen molar-refractivity contribution < 1.29 is 4.74 Å². The Kier molecular flexibility index (Phi) is 3.95. The molecule has 7 nitrogen and oxygen atoms in total. The molecule has 3 aromatic rings. The van der Waals surface area contributed by atoms with E-state index >= 15 is 0 Å². The molecule has 1 saturated heterocycles. The fourth-order valence-corrected chi connectivity index (χ4v) is 3.17. The summed E-state index contributed by atoms with van der Waals surface area (Å²) in [6, 6.07) is 2.04. The van der Waals surface area contributed by atoms with E-state index in [0.717, 1.165) is 47.9 Å². The first-order valence-electron chi connectivity index (χ1n) is 8.11. The fourth-order valence-electron chi connectivity index (χ4n) is 3.17. The van der Waals surface area contributed by atoms with Gasteiger partial charge < -0.3 is 4.74 Å². The SMILES string of the molecule is Cc1cc(C)n2ncc(CN3CCO[C@H](c4cnccn4)C3)c2n1. The van der Waals surface area contributed by atoms with Crippen LogP contribution in [0.25, 0.3) is 5.65 Å². The third-order valence-electron chi connectivity index (χ3n) is 4.31. The van der Waals surface area contributed by atoms with Crippen molar-refractivity contribution in [3.63, 3.8) is 0 Å². The minimum atomic E-state index is -0.0364. The first kappa shape index (κ1) is 15.2. The topological polar surface area (TPSA) is 68.4 Å². The number of morpholine rings is 1. The quantitative estimate of drug-likeness (QED) is 0.730. The van der Waals surface area contributed by atoms with Crippen molar-refractivity contribution in [1.82, 2.24) is 29.5 Å². The van der Waals surface area contributed by atoms with Gasteiger partial charge in [0.05, 0.1) is 24.7 Å². The van der Waals surface area contributed by atoms with E-state index in [0.29, 0.717) is 6.61 Å². The van der Waals surface area contributed by atoms with E-state index in [-0.39, 0.29) is 6.10 Å². The molecule has 1 atom stereocenters. The molecule has 0 unspecified atom stereocenters. The van der Waals surface area contributed by atoms with Crippen LogP contribution >= 0.6 is 0 Å². The van der Waals surface area contributed by atoms with Crippen molar-refractivity contribution in [3.8, 4) is 0 Å². The molecule has 1 aliphatic heterocycles. The highest BCUT2D eigenvalue weighted by Crippen LogP contribution is 2.22. The van der Waals surface area contributed by atoms with Gasteiger partial charge >= 0.3 is 0 Å². The van der Waals surface area contributed by atoms with Crippen molar-refractivity contribution in [2.24, 2.45) is 0 Å². The monoisotopic (exact) mass is 324 g/mol. The van der Waals surface area contributed by atoms with Crippen LogP contribution in [0.4, 0.5) is 0 Å². The van der Waals surface area contributed by atoms with E-state index in [1.807, 2.05) is 23.7 Å². The van der Waals surface area contributed by atoms with Crippen LogP contribution in [0.2, 0.25) is 0 Å². The van der Waals surface area contributed by atoms with Crippen LogP contribution in [0.1, 0.15) is 28.7 Å². The first-order chi connectivity index (χ1) is 11.7. The minimum absolute atomic E-state index is 0.0364. The van der Waals surface area contributed by atoms with E-state index in [4.69, 9.17) is 4.74 Å². The van der Waals surface area contributed by atoms with E-state index < -0.39 is 0 Å². The van der Waals surface area contributed by atoms with Gasteiger partial charge in [0.15, 0.2) is 5.65 Å². The van der Waals surface area contributed by atoms with Gasteiger partial charge in [0, 0.05) is 49.0 Å². The lowest BCUT2D eigenvalue weighted by Crippen LogP contribution is -2.38. The Morgan fingerprint density at radius 2 is 2.17 bits per heavy atom. The summed E-state index contributed by atoms with van der Waals surface area (Å²) < 4.78 is 7.76. The van der Waals surface area contributed by atoms with Crippen molar-refractivity contribution in [3.05, 3.63) is 53.5 Å². The highest BCUT2D eigenvalue weighted by molar-refractivity contribution is 5.47. The standard InChI is InChI=1S/C17H20N6O/c1-12-7-13(2)23-17(21-12)14(8-20-23)10-22-5-6-24-16(11-22)15-9-18-3-4-19-15/h3-4,7-9,16H,5-6,10-11H2,1-2H3/t16-/m0/s1. The number of aryl methyl sites for hydroxylation is 2. The molecule has 0 amide bonds. The summed E-state index contributed by atoms with van der Waals surface area (Å²) in [4.78, 5) is 15.5. The van der Waals surface area contributed by atoms with Crippen LogP contribution in [0.3, 0.4) is 0 Å². The van der Waals surface area contributed by atoms with Crippen molar-refractivity contribution in [2.45, 2.75) is 26.5 Å². The number of fused-ring (bicyclic) bond motifs is 1. The minimum Gasteiger partial charge on any atom is -0.369 e. The van der Waals surface area contributed by atoms with Crippen molar-refractivity contribution in [2.75, 3.05) is 19.7 Å². The van der Waals surface area contributed by atoms with Gasteiger partial charge in [-0.2, -0.15) is 5.10 Å². The molecule has 0 aliphatic carbocycles. The maximum absolute atomic E-state index is 5.86. The summed E-state index contributed by atoms with van der Waals surface area (Å²) in [5.74, 6) is 0. The molecule has 1 fully saturated rings. The zero-order valence-electron chi connectivity index (χ0n) is 13.9. The summed E-state index contributed by atoms with van der Waals surface area (Å²) in [5.41, 5.74) is 5.08. The highest BCUT2D eigenvalue weighted by Gasteiger charge is 2.24. The van der Waals surface area contributed by atoms with Gasteiger partial charge in [0.25, 0.3) is 0 Å². The lowest BCUT2D eigenvalue weighted by atomic mass is 10.2. The van der Waals surface area contributed by atoms with Crippen molar-refractivity contribution >= 4 is 5.65 Å². The Balaban J connectivity index is 1.55. The van der Waals surface area contributed by atoms with Crippen LogP contribution < -0.4 is 0 Å². The van der Waals surface area contributed by atoms with Crippen LogP contribution in [-0.2, 0) is 11.3 Å². The van der Waals surface area contributed by atoms with E-state index in [1.165, 1.54) is 0 Å². The first-order valence-corrected chi connectivity index (χ1v) is 8.11. The molecule has 7 heteroatoms. The molecular formula is C17H20N6O. The van der Waals surface area contributed by atoms with Gasteiger partial charge in [-0.05, 0) is 19.9 Å². The molecule has 4 heterocycles. The highest BCUT2D eigenvalue weighted by atomic mass is 16.5. The summed E-state index contributed by atoms with van der Waals surface area (Å²) in [6.07, 6.45) is 7.04. The van der Waals surface area contributed by atoms with Gasteiger partial charge in [0.1, 0.15) is 6.10 Å². The third-order valence-corrected chi connectivity index (χ3v) is 4.31. The maximum Gasteiger partial charge on any atom is 0.159 e. The van der Waals surface area contributed by atoms with Crippen LogP contribution in [0.15, 0.2) is 30.9 Å². The largest absolute Gasteiger partial charge is 0.369 e. The Morgan fingerprint density at radius 3 is 3.00 bits per heavy atom. The van der Waals surface area contributed by atoms with Crippen molar-refractivity contribution in [1.29, 1.82) is 0 Å². The summed E-state index contributed by atoms with van der Waals surface area (Å²) in [7, 11) is 0. The second kappa shape index (κ2) is 6.26. The second-order valence-corrected chi connectivity index (χ2v) is 6.17. The van der Waals surface area contributed by atoms with Gasteiger partial charge in [0.2, 0.25) is 0 Å². The van der Waals surface area contributed by atoms with E-state index in [9.17, 15) is 0 Å². The second-order valence-electron chi connectivity index (χ2n) is 6.17. The number of ether oxygens (including phenoxy) is 1. The molecule has 0 bridgehead atoms. The third kappa shape index (κ3) is 2.88. The predicted octanol–water partition coefficient (Wildman–Crippen LogP) is 1.71. The molecule has 124 valence electrons. The Labute approximate surface area is 140 Å². The number of hydrogen-bond acceptors (Lipinski definition) is 6. The smallest absolute Gasteiger partial charge is 0.159 e. The Morgan fingerprint density at radius 1 is 1.25 bits per heavy atom. The van der Waals surface area contributed by atoms with Crippen LogP contribution in [0, 0.1) is 13.8 Å². The molecule has 4 rings (SSSR count). The summed E-state index contributed by atoms with van der Waals surface area (Å²) in [5, 5.41) is 4.48. The molecule has 3 aromatic heterocycles. The average Bonchev–Trinajstić information content (AvgIpc) is 2.99. The Bertz CT molecular complexity index is 847. The average molecular weight is 324 g/mol. The van der Waals surface area contributed by atoms with Gasteiger partial charge in [-0.25, -0.2) is 9.50 Å². The van der Waals surface area contributed by atoms with Gasteiger partial charge in [-0.3, -0.25) is 14.9 Å². The zero-order chi connectivity index (χ0) is 16.5. The maximum atomic E-state index is 5.86. The molecular weight excluding hydrogens is 304 g/mol. The fraction of sp³-hybridized carbons (Fsp3) is 0.412. The lowest BCUT2D eigenvalue weighted by molar-refractivity contribution is -0.0350. The molecule has 0 radical (unpaired) electrons. The summed E-state index contributed by atoms with van der Waals surface area (Å²) >= 11 is 0. The number of hydrogen-bond donors (Lipinski definition) is 0. The number of aromatic nitrogens is 5. The predicted molar refractivity (Wildman–Crippen MR) is 88.5 cm³/mol. The zero-order valence-corrected chi connectivity index (χ0v) is 13.9. The lowest BCUT2D eigenvalue weighted by Gasteiger charge is -2.32. The van der Waals surface area contributed by atoms with Crippen LogP contribution in [-0.4, -0.2) is 49.2 Å². The number of nitrogens with zero attached hydrogens (tertiary/aromatic N) is 6. The van der Waals surface area contributed by atoms with Crippen LogP contribution in [0.5, 0.6) is 0 Å².